The van der Waals surface area contributed by atoms with Gasteiger partial charge in [0.15, 0.2) is 0 Å². The average Bonchev–Trinajstić information content (AvgIpc) is 3.18. The van der Waals surface area contributed by atoms with Crippen LogP contribution in [0, 0.1) is 19.8 Å². The van der Waals surface area contributed by atoms with Crippen LogP contribution in [-0.2, 0) is 11.2 Å². The van der Waals surface area contributed by atoms with E-state index in [-0.39, 0.29) is 25.6 Å². The van der Waals surface area contributed by atoms with E-state index in [1.807, 2.05) is 32.9 Å². The van der Waals surface area contributed by atoms with Crippen LogP contribution < -0.4 is 9.64 Å². The van der Waals surface area contributed by atoms with Gasteiger partial charge in [-0.25, -0.2) is 9.78 Å². The second kappa shape index (κ2) is 10.5. The highest BCUT2D eigenvalue weighted by atomic mass is 32.1. The lowest BCUT2D eigenvalue weighted by atomic mass is 9.98. The normalized spacial score (nSPS) is 19.1. The minimum atomic E-state index is -0.544. The molecule has 0 spiro atoms. The lowest BCUT2D eigenvalue weighted by molar-refractivity contribution is 0.0566. The molecule has 0 radical (unpaired) electrons. The number of ether oxygens (including phenoxy) is 2. The Hall–Kier alpha value is -2.32. The first-order chi connectivity index (χ1) is 15.6. The minimum Gasteiger partial charge on any atom is -0.474 e. The Labute approximate surface area is 210 Å². The molecule has 2 aromatic heterocycles. The first kappa shape index (κ1) is 26.3. The van der Waals surface area contributed by atoms with Crippen LogP contribution in [-0.4, -0.2) is 52.8 Å². The van der Waals surface area contributed by atoms with E-state index in [1.54, 1.807) is 4.90 Å². The number of nitrogens with zero attached hydrogens (tertiary/aromatic N) is 4. The molecule has 1 amide bonds. The molecule has 4 rings (SSSR count). The number of carbonyl (C=O) groups is 1. The molecule has 0 aliphatic carbocycles. The number of carbonyl (C=O) groups excluding carboxylic acids is 1. The quantitative estimate of drug-likeness (QED) is 0.608. The second-order valence-electron chi connectivity index (χ2n) is 10.3. The molecule has 0 N–H and O–H groups in total. The summed E-state index contributed by atoms with van der Waals surface area (Å²) in [5.41, 5.74) is 4.66. The van der Waals surface area contributed by atoms with Crippen molar-refractivity contribution in [2.24, 2.45) is 5.92 Å². The third-order valence-corrected chi connectivity index (χ3v) is 6.28. The Bertz CT molecular complexity index is 1000. The first-order valence-corrected chi connectivity index (χ1v) is 11.9. The summed E-state index contributed by atoms with van der Waals surface area (Å²) in [6.07, 6.45) is 1.90. The third-order valence-electron chi connectivity index (χ3n) is 6.28. The van der Waals surface area contributed by atoms with Crippen molar-refractivity contribution in [3.63, 3.8) is 0 Å². The van der Waals surface area contributed by atoms with E-state index < -0.39 is 5.60 Å². The fourth-order valence-corrected chi connectivity index (χ4v) is 4.79. The van der Waals surface area contributed by atoms with Crippen molar-refractivity contribution in [2.45, 2.75) is 66.0 Å². The number of likely N-dealkylation sites (tertiary alicyclic amines) is 1. The van der Waals surface area contributed by atoms with Crippen molar-refractivity contribution in [1.82, 2.24) is 14.9 Å². The topological polar surface area (TPSA) is 67.8 Å². The Morgan fingerprint density at radius 1 is 1.18 bits per heavy atom. The minimum absolute atomic E-state index is 0. The van der Waals surface area contributed by atoms with Gasteiger partial charge in [-0.05, 0) is 96.7 Å². The van der Waals surface area contributed by atoms with Gasteiger partial charge in [0.25, 0.3) is 0 Å². The summed E-state index contributed by atoms with van der Waals surface area (Å²) in [7, 11) is 0. The summed E-state index contributed by atoms with van der Waals surface area (Å²) in [6.45, 7) is 14.9. The molecular weight excluding hydrogens is 448 g/mol. The van der Waals surface area contributed by atoms with Crippen molar-refractivity contribution in [2.75, 3.05) is 31.1 Å². The van der Waals surface area contributed by atoms with Gasteiger partial charge in [0.1, 0.15) is 17.9 Å². The summed E-state index contributed by atoms with van der Waals surface area (Å²) in [6, 6.07) is 8.54. The Balaban J connectivity index is 0.00000324. The van der Waals surface area contributed by atoms with Gasteiger partial charge in [0, 0.05) is 24.0 Å². The third kappa shape index (κ3) is 6.21. The number of hydrogen-bond acceptors (Lipinski definition) is 6. The Morgan fingerprint density at radius 2 is 1.88 bits per heavy atom. The largest absolute Gasteiger partial charge is 0.474 e. The second-order valence-corrected chi connectivity index (χ2v) is 10.3. The van der Waals surface area contributed by atoms with Crippen molar-refractivity contribution < 1.29 is 14.3 Å². The average molecular weight is 487 g/mol. The molecule has 1 unspecified atom stereocenters. The highest BCUT2D eigenvalue weighted by Crippen LogP contribution is 2.35. The van der Waals surface area contributed by atoms with Gasteiger partial charge in [-0.3, -0.25) is 14.8 Å². The molecule has 34 heavy (non-hydrogen) atoms. The van der Waals surface area contributed by atoms with Crippen molar-refractivity contribution >= 4 is 25.3 Å². The zero-order valence-corrected chi connectivity index (χ0v) is 22.2. The number of aromatic nitrogens is 2. The molecule has 0 saturated carbocycles. The number of rotatable bonds is 4. The number of fused-ring (bicyclic) bond motifs is 1. The summed E-state index contributed by atoms with van der Waals surface area (Å²) in [4.78, 5) is 26.1. The fraction of sp³-hybridized carbons (Fsp3) is 0.577. The zero-order valence-electron chi connectivity index (χ0n) is 21.2. The smallest absolute Gasteiger partial charge is 0.415 e. The fourth-order valence-electron chi connectivity index (χ4n) is 4.79. The van der Waals surface area contributed by atoms with E-state index >= 15 is 0 Å². The van der Waals surface area contributed by atoms with Crippen LogP contribution in [0.5, 0.6) is 5.88 Å². The molecule has 2 atom stereocenters. The summed E-state index contributed by atoms with van der Waals surface area (Å²) in [5, 5.41) is 0. The first-order valence-electron chi connectivity index (χ1n) is 11.9. The van der Waals surface area contributed by atoms with Gasteiger partial charge in [0.2, 0.25) is 5.88 Å². The Kier molecular flexibility index (Phi) is 8.14. The van der Waals surface area contributed by atoms with Gasteiger partial charge in [-0.2, -0.15) is 13.5 Å². The SMILES string of the molecule is Cc1cc(C[C@H]2CCN(C(C)c3ccc4c(n3)OCCN4C(=O)OC(C)(C)C)C2)cc(C)n1.S. The van der Waals surface area contributed by atoms with Gasteiger partial charge in [-0.15, -0.1) is 0 Å². The highest BCUT2D eigenvalue weighted by molar-refractivity contribution is 7.59. The summed E-state index contributed by atoms with van der Waals surface area (Å²) in [5.74, 6) is 1.14. The van der Waals surface area contributed by atoms with Gasteiger partial charge in [-0.1, -0.05) is 0 Å². The Morgan fingerprint density at radius 3 is 2.56 bits per heavy atom. The van der Waals surface area contributed by atoms with Crippen LogP contribution in [0.15, 0.2) is 24.3 Å². The number of anilines is 1. The molecule has 8 heteroatoms. The van der Waals surface area contributed by atoms with E-state index in [9.17, 15) is 4.79 Å². The molecule has 2 aliphatic heterocycles. The van der Waals surface area contributed by atoms with Gasteiger partial charge in [0.05, 0.1) is 12.2 Å². The molecule has 186 valence electrons. The van der Waals surface area contributed by atoms with E-state index in [4.69, 9.17) is 14.5 Å². The number of pyridine rings is 2. The molecule has 7 nitrogen and oxygen atoms in total. The number of amides is 1. The zero-order chi connectivity index (χ0) is 23.8. The summed E-state index contributed by atoms with van der Waals surface area (Å²) >= 11 is 0. The molecule has 2 aromatic rings. The van der Waals surface area contributed by atoms with Crippen LogP contribution >= 0.6 is 13.5 Å². The van der Waals surface area contributed by atoms with Crippen LogP contribution in [0.4, 0.5) is 10.5 Å². The van der Waals surface area contributed by atoms with Crippen LogP contribution in [0.25, 0.3) is 0 Å². The standard InChI is InChI=1S/C26H36N4O3.H2S/c1-17-13-21(14-18(2)27-17)15-20-9-10-29(16-20)19(3)22-7-8-23-24(28-22)32-12-11-30(23)25(31)33-26(4,5)6;/h7-8,13-14,19-20H,9-12,15-16H2,1-6H3;1H2/t19?,20-;/m1./s1. The summed E-state index contributed by atoms with van der Waals surface area (Å²) < 4.78 is 11.4. The number of aryl methyl sites for hydroxylation is 2. The van der Waals surface area contributed by atoms with E-state index in [2.05, 4.69) is 42.8 Å². The molecule has 1 fully saturated rings. The molecule has 1 saturated heterocycles. The molecule has 4 heterocycles. The lowest BCUT2D eigenvalue weighted by Crippen LogP contribution is -2.41. The molecule has 0 aromatic carbocycles. The molecule has 2 aliphatic rings. The molecule has 0 bridgehead atoms. The molecular formula is C26H38N4O3S. The van der Waals surface area contributed by atoms with Crippen LogP contribution in [0.3, 0.4) is 0 Å². The highest BCUT2D eigenvalue weighted by Gasteiger charge is 2.31. The van der Waals surface area contributed by atoms with Gasteiger partial charge >= 0.3 is 6.09 Å². The van der Waals surface area contributed by atoms with Crippen molar-refractivity contribution in [1.29, 1.82) is 0 Å². The lowest BCUT2D eigenvalue weighted by Gasteiger charge is -2.32. The van der Waals surface area contributed by atoms with E-state index in [0.717, 1.165) is 36.6 Å². The van der Waals surface area contributed by atoms with Gasteiger partial charge < -0.3 is 9.47 Å². The van der Waals surface area contributed by atoms with E-state index in [0.29, 0.717) is 30.6 Å². The van der Waals surface area contributed by atoms with Crippen LogP contribution in [0.1, 0.15) is 62.8 Å². The maximum atomic E-state index is 12.6. The maximum absolute atomic E-state index is 12.6. The predicted molar refractivity (Wildman–Crippen MR) is 139 cm³/mol. The van der Waals surface area contributed by atoms with E-state index in [1.165, 1.54) is 12.0 Å². The van der Waals surface area contributed by atoms with Crippen molar-refractivity contribution in [3.8, 4) is 5.88 Å². The maximum Gasteiger partial charge on any atom is 0.415 e. The number of hydrogen-bond donors (Lipinski definition) is 0. The predicted octanol–water partition coefficient (Wildman–Crippen LogP) is 4.97. The monoisotopic (exact) mass is 486 g/mol. The van der Waals surface area contributed by atoms with Crippen LogP contribution in [0.2, 0.25) is 0 Å². The van der Waals surface area contributed by atoms with Crippen molar-refractivity contribution in [3.05, 3.63) is 46.9 Å².